The molecule has 26 heavy (non-hydrogen) atoms. The Balaban J connectivity index is 1.51. The number of aromatic amines is 1. The molecule has 0 radical (unpaired) electrons. The van der Waals surface area contributed by atoms with Crippen LogP contribution >= 0.6 is 0 Å². The third-order valence-electron chi connectivity index (χ3n) is 4.70. The summed E-state index contributed by atoms with van der Waals surface area (Å²) >= 11 is 0. The Bertz CT molecular complexity index is 1100. The number of benzene rings is 1. The van der Waals surface area contributed by atoms with Crippen molar-refractivity contribution >= 4 is 10.9 Å². The van der Waals surface area contributed by atoms with Gasteiger partial charge in [0.2, 0.25) is 0 Å². The van der Waals surface area contributed by atoms with Crippen LogP contribution in [0.15, 0.2) is 61.1 Å². The first-order valence-electron chi connectivity index (χ1n) is 8.92. The van der Waals surface area contributed by atoms with E-state index in [9.17, 15) is 0 Å². The van der Waals surface area contributed by atoms with Gasteiger partial charge in [0.05, 0.1) is 12.3 Å². The van der Waals surface area contributed by atoms with Crippen LogP contribution in [0.2, 0.25) is 0 Å². The van der Waals surface area contributed by atoms with Crippen molar-refractivity contribution in [1.29, 1.82) is 0 Å². The van der Waals surface area contributed by atoms with Crippen molar-refractivity contribution in [2.75, 3.05) is 0 Å². The normalized spacial score (nSPS) is 13.9. The Kier molecular flexibility index (Phi) is 3.49. The van der Waals surface area contributed by atoms with Crippen molar-refractivity contribution in [2.45, 2.75) is 25.9 Å². The topological polar surface area (TPSA) is 50.8 Å². The molecule has 0 amide bonds. The van der Waals surface area contributed by atoms with Crippen LogP contribution in [0.4, 0.5) is 0 Å². The molecule has 0 atom stereocenters. The Morgan fingerprint density at radius 1 is 0.962 bits per heavy atom. The van der Waals surface area contributed by atoms with Gasteiger partial charge >= 0.3 is 0 Å². The summed E-state index contributed by atoms with van der Waals surface area (Å²) in [6.45, 7) is 2.01. The molecule has 4 heteroatoms. The molecule has 3 heterocycles. The van der Waals surface area contributed by atoms with Gasteiger partial charge in [-0.3, -0.25) is 9.97 Å². The lowest BCUT2D eigenvalue weighted by atomic mass is 10.1. The number of rotatable bonds is 4. The molecule has 0 saturated heterocycles. The summed E-state index contributed by atoms with van der Waals surface area (Å²) in [6, 6.07) is 14.8. The maximum atomic E-state index is 5.87. The van der Waals surface area contributed by atoms with Crippen LogP contribution in [0.1, 0.15) is 18.5 Å². The number of nitrogens with zero attached hydrogens (tertiary/aromatic N) is 2. The molecule has 1 fully saturated rings. The van der Waals surface area contributed by atoms with Gasteiger partial charge in [0.1, 0.15) is 5.75 Å². The lowest BCUT2D eigenvalue weighted by Crippen LogP contribution is -1.96. The van der Waals surface area contributed by atoms with Crippen molar-refractivity contribution < 1.29 is 4.74 Å². The van der Waals surface area contributed by atoms with Crippen LogP contribution in [0.3, 0.4) is 0 Å². The molecule has 0 bridgehead atoms. The van der Waals surface area contributed by atoms with Crippen LogP contribution < -0.4 is 4.74 Å². The Labute approximate surface area is 151 Å². The predicted molar refractivity (Wildman–Crippen MR) is 103 cm³/mol. The van der Waals surface area contributed by atoms with Gasteiger partial charge in [-0.2, -0.15) is 0 Å². The summed E-state index contributed by atoms with van der Waals surface area (Å²) in [5.74, 6) is 0.854. The highest BCUT2D eigenvalue weighted by molar-refractivity contribution is 5.89. The summed E-state index contributed by atoms with van der Waals surface area (Å²) in [4.78, 5) is 12.1. The molecule has 1 aliphatic carbocycles. The molecule has 128 valence electrons. The fourth-order valence-electron chi connectivity index (χ4n) is 3.20. The van der Waals surface area contributed by atoms with E-state index in [2.05, 4.69) is 51.4 Å². The number of aromatic nitrogens is 3. The summed E-state index contributed by atoms with van der Waals surface area (Å²) in [5, 5.41) is 1.18. The molecule has 1 aromatic carbocycles. The zero-order chi connectivity index (χ0) is 17.5. The first-order chi connectivity index (χ1) is 12.7. The summed E-state index contributed by atoms with van der Waals surface area (Å²) < 4.78 is 5.87. The highest BCUT2D eigenvalue weighted by atomic mass is 16.5. The van der Waals surface area contributed by atoms with E-state index in [-0.39, 0.29) is 0 Å². The molecular formula is C22H19N3O. The molecule has 4 nitrogen and oxygen atoms in total. The number of fused-ring (bicyclic) bond motifs is 1. The zero-order valence-corrected chi connectivity index (χ0v) is 14.6. The van der Waals surface area contributed by atoms with Gasteiger partial charge in [-0.1, -0.05) is 6.07 Å². The van der Waals surface area contributed by atoms with Gasteiger partial charge in [-0.05, 0) is 61.7 Å². The first-order valence-corrected chi connectivity index (χ1v) is 8.92. The molecule has 1 N–H and O–H groups in total. The maximum Gasteiger partial charge on any atom is 0.138 e. The average Bonchev–Trinajstić information content (AvgIpc) is 3.36. The standard InChI is InChI=1S/C22H19N3O/c1-14-8-16(6-7-24-14)22-11-17-9-15(2-5-21(17)25-22)18-10-20(13-23-12-18)26-19-3-4-19/h2,5-13,19,25H,3-4H2,1H3. The minimum atomic E-state index is 0.380. The maximum absolute atomic E-state index is 5.87. The molecule has 0 spiro atoms. The van der Waals surface area contributed by atoms with E-state index in [0.717, 1.165) is 52.2 Å². The lowest BCUT2D eigenvalue weighted by Gasteiger charge is -2.06. The van der Waals surface area contributed by atoms with Gasteiger partial charge in [0.25, 0.3) is 0 Å². The van der Waals surface area contributed by atoms with Crippen molar-refractivity contribution in [3.63, 3.8) is 0 Å². The van der Waals surface area contributed by atoms with Crippen LogP contribution in [-0.2, 0) is 0 Å². The molecule has 4 aromatic rings. The Morgan fingerprint density at radius 3 is 2.73 bits per heavy atom. The van der Waals surface area contributed by atoms with E-state index >= 15 is 0 Å². The third-order valence-corrected chi connectivity index (χ3v) is 4.70. The zero-order valence-electron chi connectivity index (χ0n) is 14.6. The smallest absolute Gasteiger partial charge is 0.138 e. The van der Waals surface area contributed by atoms with Crippen molar-refractivity contribution in [2.24, 2.45) is 0 Å². The Hall–Kier alpha value is -3.14. The first kappa shape index (κ1) is 15.1. The van der Waals surface area contributed by atoms with E-state index < -0.39 is 0 Å². The minimum Gasteiger partial charge on any atom is -0.489 e. The minimum absolute atomic E-state index is 0.380. The van der Waals surface area contributed by atoms with Gasteiger partial charge < -0.3 is 9.72 Å². The van der Waals surface area contributed by atoms with E-state index in [1.165, 1.54) is 5.39 Å². The number of hydrogen-bond donors (Lipinski definition) is 1. The van der Waals surface area contributed by atoms with Crippen LogP contribution in [0.25, 0.3) is 33.3 Å². The number of hydrogen-bond acceptors (Lipinski definition) is 3. The fourth-order valence-corrected chi connectivity index (χ4v) is 3.20. The van der Waals surface area contributed by atoms with Gasteiger partial charge in [-0.25, -0.2) is 0 Å². The Morgan fingerprint density at radius 2 is 1.88 bits per heavy atom. The van der Waals surface area contributed by atoms with Crippen molar-refractivity contribution in [1.82, 2.24) is 15.0 Å². The van der Waals surface area contributed by atoms with Crippen LogP contribution in [0.5, 0.6) is 5.75 Å². The second kappa shape index (κ2) is 5.99. The fraction of sp³-hybridized carbons (Fsp3) is 0.182. The molecule has 1 aliphatic rings. The number of pyridine rings is 2. The van der Waals surface area contributed by atoms with Crippen molar-refractivity contribution in [3.8, 4) is 28.1 Å². The molecule has 5 rings (SSSR count). The highest BCUT2D eigenvalue weighted by Gasteiger charge is 2.23. The molecule has 0 aliphatic heterocycles. The summed E-state index contributed by atoms with van der Waals surface area (Å²) in [7, 11) is 0. The number of aryl methyl sites for hydroxylation is 1. The quantitative estimate of drug-likeness (QED) is 0.559. The molecule has 0 unspecified atom stereocenters. The molecule has 3 aromatic heterocycles. The second-order valence-corrected chi connectivity index (χ2v) is 6.90. The predicted octanol–water partition coefficient (Wildman–Crippen LogP) is 5.14. The molecular weight excluding hydrogens is 322 g/mol. The van der Waals surface area contributed by atoms with Gasteiger partial charge in [0.15, 0.2) is 0 Å². The van der Waals surface area contributed by atoms with E-state index in [0.29, 0.717) is 6.10 Å². The van der Waals surface area contributed by atoms with Gasteiger partial charge in [0, 0.05) is 45.8 Å². The number of H-pyrrole nitrogens is 1. The SMILES string of the molecule is Cc1cc(-c2cc3cc(-c4cncc(OC5CC5)c4)ccc3[nH]2)ccn1. The lowest BCUT2D eigenvalue weighted by molar-refractivity contribution is 0.302. The number of nitrogens with one attached hydrogen (secondary N) is 1. The van der Waals surface area contributed by atoms with Crippen LogP contribution in [-0.4, -0.2) is 21.1 Å². The number of ether oxygens (including phenoxy) is 1. The average molecular weight is 341 g/mol. The van der Waals surface area contributed by atoms with Crippen molar-refractivity contribution in [3.05, 3.63) is 66.7 Å². The monoisotopic (exact) mass is 341 g/mol. The van der Waals surface area contributed by atoms with Crippen LogP contribution in [0, 0.1) is 6.92 Å². The summed E-state index contributed by atoms with van der Waals surface area (Å²) in [5.41, 5.74) is 6.61. The highest BCUT2D eigenvalue weighted by Crippen LogP contribution is 2.31. The summed E-state index contributed by atoms with van der Waals surface area (Å²) in [6.07, 6.45) is 8.21. The molecule has 1 saturated carbocycles. The largest absolute Gasteiger partial charge is 0.489 e. The van der Waals surface area contributed by atoms with E-state index in [1.807, 2.05) is 25.4 Å². The van der Waals surface area contributed by atoms with Gasteiger partial charge in [-0.15, -0.1) is 0 Å². The van der Waals surface area contributed by atoms with E-state index in [4.69, 9.17) is 4.74 Å². The third kappa shape index (κ3) is 2.94. The van der Waals surface area contributed by atoms with E-state index in [1.54, 1.807) is 6.20 Å². The second-order valence-electron chi connectivity index (χ2n) is 6.90.